The molecule has 0 radical (unpaired) electrons. The van der Waals surface area contributed by atoms with Crippen molar-refractivity contribution in [2.75, 3.05) is 19.8 Å². The van der Waals surface area contributed by atoms with Gasteiger partial charge in [-0.05, 0) is 38.8 Å². The SMILES string of the molecule is CCCOCCCNC(C)c1ccc(C)cc1. The predicted octanol–water partition coefficient (Wildman–Crippen LogP) is 3.46. The summed E-state index contributed by atoms with van der Waals surface area (Å²) in [6, 6.07) is 9.14. The van der Waals surface area contributed by atoms with Gasteiger partial charge in [-0.15, -0.1) is 0 Å². The van der Waals surface area contributed by atoms with E-state index in [4.69, 9.17) is 4.74 Å². The highest BCUT2D eigenvalue weighted by Crippen LogP contribution is 2.12. The normalized spacial score (nSPS) is 12.6. The molecule has 0 amide bonds. The van der Waals surface area contributed by atoms with Crippen molar-refractivity contribution in [3.8, 4) is 0 Å². The van der Waals surface area contributed by atoms with Gasteiger partial charge in [-0.3, -0.25) is 0 Å². The van der Waals surface area contributed by atoms with Gasteiger partial charge in [0.2, 0.25) is 0 Å². The Kier molecular flexibility index (Phi) is 6.90. The standard InChI is InChI=1S/C15H25NO/c1-4-11-17-12-5-10-16-14(3)15-8-6-13(2)7-9-15/h6-9,14,16H,4-5,10-12H2,1-3H3. The third kappa shape index (κ3) is 5.85. The van der Waals surface area contributed by atoms with Gasteiger partial charge in [-0.25, -0.2) is 0 Å². The second-order valence-corrected chi connectivity index (χ2v) is 4.55. The predicted molar refractivity (Wildman–Crippen MR) is 73.3 cm³/mol. The Balaban J connectivity index is 2.16. The highest BCUT2D eigenvalue weighted by molar-refractivity contribution is 5.23. The molecule has 0 fully saturated rings. The molecule has 1 aromatic carbocycles. The van der Waals surface area contributed by atoms with E-state index in [1.807, 2.05) is 0 Å². The van der Waals surface area contributed by atoms with Crippen molar-refractivity contribution in [2.45, 2.75) is 39.7 Å². The summed E-state index contributed by atoms with van der Waals surface area (Å²) in [5.41, 5.74) is 2.67. The summed E-state index contributed by atoms with van der Waals surface area (Å²) >= 11 is 0. The van der Waals surface area contributed by atoms with Crippen LogP contribution in [-0.4, -0.2) is 19.8 Å². The van der Waals surface area contributed by atoms with Crippen LogP contribution in [0.1, 0.15) is 43.9 Å². The van der Waals surface area contributed by atoms with Crippen molar-refractivity contribution < 1.29 is 4.74 Å². The van der Waals surface area contributed by atoms with Crippen LogP contribution >= 0.6 is 0 Å². The number of hydrogen-bond donors (Lipinski definition) is 1. The molecule has 0 aliphatic rings. The number of hydrogen-bond acceptors (Lipinski definition) is 2. The van der Waals surface area contributed by atoms with Crippen LogP contribution in [0.2, 0.25) is 0 Å². The molecule has 0 saturated carbocycles. The van der Waals surface area contributed by atoms with E-state index in [-0.39, 0.29) is 0 Å². The van der Waals surface area contributed by atoms with E-state index in [9.17, 15) is 0 Å². The molecule has 1 atom stereocenters. The summed E-state index contributed by atoms with van der Waals surface area (Å²) < 4.78 is 5.45. The molecule has 1 N–H and O–H groups in total. The summed E-state index contributed by atoms with van der Waals surface area (Å²) in [6.07, 6.45) is 2.18. The van der Waals surface area contributed by atoms with Crippen LogP contribution < -0.4 is 5.32 Å². The lowest BCUT2D eigenvalue weighted by Crippen LogP contribution is -2.21. The molecule has 96 valence electrons. The van der Waals surface area contributed by atoms with Crippen LogP contribution in [0.15, 0.2) is 24.3 Å². The Bertz CT molecular complexity index is 294. The average Bonchev–Trinajstić information content (AvgIpc) is 2.34. The molecule has 2 heteroatoms. The average molecular weight is 235 g/mol. The van der Waals surface area contributed by atoms with E-state index in [1.54, 1.807) is 0 Å². The minimum atomic E-state index is 0.418. The molecular formula is C15H25NO. The summed E-state index contributed by atoms with van der Waals surface area (Å²) in [5.74, 6) is 0. The molecule has 17 heavy (non-hydrogen) atoms. The van der Waals surface area contributed by atoms with E-state index in [0.717, 1.165) is 32.6 Å². The molecule has 0 spiro atoms. The molecule has 0 heterocycles. The van der Waals surface area contributed by atoms with E-state index in [1.165, 1.54) is 11.1 Å². The highest BCUT2D eigenvalue weighted by Gasteiger charge is 2.03. The third-order valence-electron chi connectivity index (χ3n) is 2.84. The van der Waals surface area contributed by atoms with Crippen LogP contribution in [0, 0.1) is 6.92 Å². The van der Waals surface area contributed by atoms with Crippen LogP contribution in [-0.2, 0) is 4.74 Å². The van der Waals surface area contributed by atoms with Gasteiger partial charge in [-0.1, -0.05) is 36.8 Å². The Morgan fingerprint density at radius 2 is 1.88 bits per heavy atom. The molecule has 0 aromatic heterocycles. The fourth-order valence-electron chi connectivity index (χ4n) is 1.71. The number of nitrogens with one attached hydrogen (secondary N) is 1. The van der Waals surface area contributed by atoms with Crippen molar-refractivity contribution in [2.24, 2.45) is 0 Å². The van der Waals surface area contributed by atoms with Gasteiger partial charge in [0, 0.05) is 19.3 Å². The third-order valence-corrected chi connectivity index (χ3v) is 2.84. The lowest BCUT2D eigenvalue weighted by atomic mass is 10.1. The maximum atomic E-state index is 5.45. The number of rotatable bonds is 8. The van der Waals surface area contributed by atoms with Crippen molar-refractivity contribution in [3.63, 3.8) is 0 Å². The molecular weight excluding hydrogens is 210 g/mol. The first-order chi connectivity index (χ1) is 8.24. The van der Waals surface area contributed by atoms with Gasteiger partial charge in [0.05, 0.1) is 0 Å². The van der Waals surface area contributed by atoms with Crippen molar-refractivity contribution in [3.05, 3.63) is 35.4 Å². The van der Waals surface area contributed by atoms with Crippen LogP contribution in [0.5, 0.6) is 0 Å². The molecule has 0 saturated heterocycles. The molecule has 1 aromatic rings. The van der Waals surface area contributed by atoms with Crippen molar-refractivity contribution in [1.82, 2.24) is 5.32 Å². The Morgan fingerprint density at radius 3 is 2.53 bits per heavy atom. The van der Waals surface area contributed by atoms with Crippen LogP contribution in [0.25, 0.3) is 0 Å². The first-order valence-electron chi connectivity index (χ1n) is 6.61. The van der Waals surface area contributed by atoms with Gasteiger partial charge >= 0.3 is 0 Å². The largest absolute Gasteiger partial charge is 0.381 e. The Morgan fingerprint density at radius 1 is 1.18 bits per heavy atom. The van der Waals surface area contributed by atoms with Gasteiger partial charge < -0.3 is 10.1 Å². The Labute approximate surface area is 105 Å². The summed E-state index contributed by atoms with van der Waals surface area (Å²) in [5, 5.41) is 3.52. The quantitative estimate of drug-likeness (QED) is 0.697. The van der Waals surface area contributed by atoms with Crippen molar-refractivity contribution in [1.29, 1.82) is 0 Å². The summed E-state index contributed by atoms with van der Waals surface area (Å²) in [4.78, 5) is 0. The minimum absolute atomic E-state index is 0.418. The molecule has 0 bridgehead atoms. The second-order valence-electron chi connectivity index (χ2n) is 4.55. The topological polar surface area (TPSA) is 21.3 Å². The van der Waals surface area contributed by atoms with E-state index >= 15 is 0 Å². The molecule has 2 nitrogen and oxygen atoms in total. The van der Waals surface area contributed by atoms with E-state index in [0.29, 0.717) is 6.04 Å². The zero-order valence-electron chi connectivity index (χ0n) is 11.3. The van der Waals surface area contributed by atoms with Gasteiger partial charge in [-0.2, -0.15) is 0 Å². The van der Waals surface area contributed by atoms with E-state index < -0.39 is 0 Å². The van der Waals surface area contributed by atoms with Gasteiger partial charge in [0.1, 0.15) is 0 Å². The lowest BCUT2D eigenvalue weighted by Gasteiger charge is -2.14. The smallest absolute Gasteiger partial charge is 0.0478 e. The molecule has 0 aliphatic carbocycles. The zero-order valence-corrected chi connectivity index (χ0v) is 11.3. The number of ether oxygens (including phenoxy) is 1. The monoisotopic (exact) mass is 235 g/mol. The lowest BCUT2D eigenvalue weighted by molar-refractivity contribution is 0.132. The van der Waals surface area contributed by atoms with Crippen molar-refractivity contribution >= 4 is 0 Å². The fraction of sp³-hybridized carbons (Fsp3) is 0.600. The number of benzene rings is 1. The zero-order chi connectivity index (χ0) is 12.5. The first-order valence-corrected chi connectivity index (χ1v) is 6.61. The van der Waals surface area contributed by atoms with Gasteiger partial charge in [0.15, 0.2) is 0 Å². The maximum Gasteiger partial charge on any atom is 0.0478 e. The Hall–Kier alpha value is -0.860. The van der Waals surface area contributed by atoms with Crippen LogP contribution in [0.3, 0.4) is 0 Å². The van der Waals surface area contributed by atoms with Crippen LogP contribution in [0.4, 0.5) is 0 Å². The number of aryl methyl sites for hydroxylation is 1. The van der Waals surface area contributed by atoms with E-state index in [2.05, 4.69) is 50.4 Å². The summed E-state index contributed by atoms with van der Waals surface area (Å²) in [6.45, 7) is 9.22. The molecule has 0 aliphatic heterocycles. The second kappa shape index (κ2) is 8.26. The molecule has 1 rings (SSSR count). The highest BCUT2D eigenvalue weighted by atomic mass is 16.5. The van der Waals surface area contributed by atoms with Gasteiger partial charge in [0.25, 0.3) is 0 Å². The first kappa shape index (κ1) is 14.2. The fourth-order valence-corrected chi connectivity index (χ4v) is 1.71. The molecule has 1 unspecified atom stereocenters. The minimum Gasteiger partial charge on any atom is -0.381 e. The summed E-state index contributed by atoms with van der Waals surface area (Å²) in [7, 11) is 0. The maximum absolute atomic E-state index is 5.45.